The number of aromatic carboxylic acids is 1. The topological polar surface area (TPSA) is 76.2 Å². The van der Waals surface area contributed by atoms with Gasteiger partial charge in [-0.2, -0.15) is 0 Å². The van der Waals surface area contributed by atoms with E-state index in [0.717, 1.165) is 0 Å². The van der Waals surface area contributed by atoms with Gasteiger partial charge in [-0.15, -0.1) is 0 Å². The summed E-state index contributed by atoms with van der Waals surface area (Å²) < 4.78 is 5.02. The van der Waals surface area contributed by atoms with Crippen molar-refractivity contribution < 1.29 is 14.3 Å². The van der Waals surface area contributed by atoms with Crippen molar-refractivity contribution in [1.29, 1.82) is 0 Å². The van der Waals surface area contributed by atoms with E-state index in [2.05, 4.69) is 9.97 Å². The van der Waals surface area contributed by atoms with Crippen LogP contribution < -0.4 is 0 Å². The number of oxazole rings is 1. The molecule has 0 amide bonds. The van der Waals surface area contributed by atoms with Gasteiger partial charge in [0.05, 0.1) is 11.3 Å². The maximum Gasteiger partial charge on any atom is 0.335 e. The molecule has 0 aliphatic heterocycles. The van der Waals surface area contributed by atoms with E-state index in [4.69, 9.17) is 9.52 Å². The lowest BCUT2D eigenvalue weighted by atomic mass is 10.2. The molecule has 0 fully saturated rings. The van der Waals surface area contributed by atoms with E-state index in [1.54, 1.807) is 6.92 Å². The quantitative estimate of drug-likeness (QED) is 0.806. The van der Waals surface area contributed by atoms with Crippen LogP contribution in [-0.4, -0.2) is 21.0 Å². The summed E-state index contributed by atoms with van der Waals surface area (Å²) >= 11 is 0. The van der Waals surface area contributed by atoms with Gasteiger partial charge in [0.1, 0.15) is 12.0 Å². The van der Waals surface area contributed by atoms with Crippen LogP contribution in [-0.2, 0) is 0 Å². The molecule has 0 aliphatic rings. The van der Waals surface area contributed by atoms with E-state index >= 15 is 0 Å². The fourth-order valence-corrected chi connectivity index (χ4v) is 1.18. The number of rotatable bonds is 2. The molecule has 0 radical (unpaired) electrons. The Balaban J connectivity index is 2.45. The molecular formula is C10H8N2O3. The molecule has 5 nitrogen and oxygen atoms in total. The van der Waals surface area contributed by atoms with Gasteiger partial charge in [-0.25, -0.2) is 9.78 Å². The van der Waals surface area contributed by atoms with Gasteiger partial charge in [0.25, 0.3) is 0 Å². The molecule has 0 aliphatic carbocycles. The lowest BCUT2D eigenvalue weighted by molar-refractivity contribution is 0.0697. The summed E-state index contributed by atoms with van der Waals surface area (Å²) in [6, 6.07) is 2.89. The Morgan fingerprint density at radius 2 is 2.27 bits per heavy atom. The third-order valence-corrected chi connectivity index (χ3v) is 1.89. The van der Waals surface area contributed by atoms with Crippen molar-refractivity contribution in [2.45, 2.75) is 6.92 Å². The van der Waals surface area contributed by atoms with Crippen molar-refractivity contribution in [1.82, 2.24) is 9.97 Å². The SMILES string of the molecule is Cc1nc(-c2cc(C(=O)O)ccn2)co1. The van der Waals surface area contributed by atoms with E-state index in [1.165, 1.54) is 24.6 Å². The highest BCUT2D eigenvalue weighted by molar-refractivity contribution is 5.88. The largest absolute Gasteiger partial charge is 0.478 e. The fraction of sp³-hybridized carbons (Fsp3) is 0.100. The van der Waals surface area contributed by atoms with Crippen molar-refractivity contribution in [3.8, 4) is 11.4 Å². The molecule has 2 aromatic rings. The minimum absolute atomic E-state index is 0.181. The highest BCUT2D eigenvalue weighted by atomic mass is 16.4. The van der Waals surface area contributed by atoms with Gasteiger partial charge in [0.2, 0.25) is 0 Å². The fourth-order valence-electron chi connectivity index (χ4n) is 1.18. The summed E-state index contributed by atoms with van der Waals surface area (Å²) in [6.07, 6.45) is 2.88. The van der Waals surface area contributed by atoms with Crippen molar-refractivity contribution in [2.75, 3.05) is 0 Å². The summed E-state index contributed by atoms with van der Waals surface area (Å²) in [5.74, 6) is -0.466. The molecule has 76 valence electrons. The molecule has 0 bridgehead atoms. The van der Waals surface area contributed by atoms with Crippen molar-refractivity contribution in [2.24, 2.45) is 0 Å². The standard InChI is InChI=1S/C10H8N2O3/c1-6-12-9(5-15-6)8-4-7(10(13)14)2-3-11-8/h2-5H,1H3,(H,13,14). The van der Waals surface area contributed by atoms with Crippen LogP contribution in [0.2, 0.25) is 0 Å². The first-order chi connectivity index (χ1) is 7.16. The van der Waals surface area contributed by atoms with E-state index in [1.807, 2.05) is 0 Å². The zero-order valence-corrected chi connectivity index (χ0v) is 7.97. The summed E-state index contributed by atoms with van der Waals surface area (Å²) in [6.45, 7) is 1.71. The number of pyridine rings is 1. The summed E-state index contributed by atoms with van der Waals surface area (Å²) in [5.41, 5.74) is 1.21. The summed E-state index contributed by atoms with van der Waals surface area (Å²) in [4.78, 5) is 18.8. The number of carbonyl (C=O) groups is 1. The molecule has 0 spiro atoms. The van der Waals surface area contributed by atoms with E-state index in [0.29, 0.717) is 17.3 Å². The van der Waals surface area contributed by atoms with Gasteiger partial charge < -0.3 is 9.52 Å². The molecule has 2 aromatic heterocycles. The van der Waals surface area contributed by atoms with Crippen LogP contribution >= 0.6 is 0 Å². The minimum atomic E-state index is -0.987. The molecule has 2 rings (SSSR count). The molecule has 0 saturated carbocycles. The Morgan fingerprint density at radius 1 is 1.47 bits per heavy atom. The van der Waals surface area contributed by atoms with E-state index in [-0.39, 0.29) is 5.56 Å². The second-order valence-electron chi connectivity index (χ2n) is 2.99. The highest BCUT2D eigenvalue weighted by Gasteiger charge is 2.08. The zero-order valence-electron chi connectivity index (χ0n) is 7.97. The molecular weight excluding hydrogens is 196 g/mol. The molecule has 0 aromatic carbocycles. The number of nitrogens with zero attached hydrogens (tertiary/aromatic N) is 2. The zero-order chi connectivity index (χ0) is 10.8. The monoisotopic (exact) mass is 204 g/mol. The molecule has 2 heterocycles. The second-order valence-corrected chi connectivity index (χ2v) is 2.99. The third kappa shape index (κ3) is 1.85. The van der Waals surface area contributed by atoms with E-state index < -0.39 is 5.97 Å². The van der Waals surface area contributed by atoms with Gasteiger partial charge in [0.15, 0.2) is 5.89 Å². The molecule has 0 atom stereocenters. The Kier molecular flexibility index (Phi) is 2.21. The predicted octanol–water partition coefficient (Wildman–Crippen LogP) is 1.74. The summed E-state index contributed by atoms with van der Waals surface area (Å²) in [5, 5.41) is 8.79. The number of carboxylic acids is 1. The molecule has 1 N–H and O–H groups in total. The van der Waals surface area contributed by atoms with E-state index in [9.17, 15) is 4.79 Å². The van der Waals surface area contributed by atoms with Crippen LogP contribution in [0.4, 0.5) is 0 Å². The van der Waals surface area contributed by atoms with Crippen LogP contribution in [0.3, 0.4) is 0 Å². The Morgan fingerprint density at radius 3 is 2.87 bits per heavy atom. The van der Waals surface area contributed by atoms with Crippen LogP contribution in [0, 0.1) is 6.92 Å². The Bertz CT molecular complexity index is 505. The molecule has 5 heteroatoms. The lowest BCUT2D eigenvalue weighted by Crippen LogP contribution is -1.97. The van der Waals surface area contributed by atoms with Crippen molar-refractivity contribution in [3.05, 3.63) is 36.0 Å². The molecule has 15 heavy (non-hydrogen) atoms. The number of aryl methyl sites for hydroxylation is 1. The van der Waals surface area contributed by atoms with Gasteiger partial charge >= 0.3 is 5.97 Å². The number of carboxylic acid groups (broad SMARTS) is 1. The maximum atomic E-state index is 10.7. The minimum Gasteiger partial charge on any atom is -0.478 e. The number of aromatic nitrogens is 2. The van der Waals surface area contributed by atoms with Crippen LogP contribution in [0.5, 0.6) is 0 Å². The number of hydrogen-bond donors (Lipinski definition) is 1. The smallest absolute Gasteiger partial charge is 0.335 e. The number of hydrogen-bond acceptors (Lipinski definition) is 4. The van der Waals surface area contributed by atoms with Gasteiger partial charge in [-0.3, -0.25) is 4.98 Å². The average Bonchev–Trinajstić information content (AvgIpc) is 2.65. The van der Waals surface area contributed by atoms with Crippen molar-refractivity contribution >= 4 is 5.97 Å². The van der Waals surface area contributed by atoms with Gasteiger partial charge in [-0.05, 0) is 12.1 Å². The van der Waals surface area contributed by atoms with Crippen molar-refractivity contribution in [3.63, 3.8) is 0 Å². The normalized spacial score (nSPS) is 10.2. The maximum absolute atomic E-state index is 10.7. The highest BCUT2D eigenvalue weighted by Crippen LogP contribution is 2.16. The van der Waals surface area contributed by atoms with Gasteiger partial charge in [-0.1, -0.05) is 0 Å². The predicted molar refractivity (Wildman–Crippen MR) is 51.4 cm³/mol. The first kappa shape index (κ1) is 9.39. The lowest BCUT2D eigenvalue weighted by Gasteiger charge is -1.96. The first-order valence-corrected chi connectivity index (χ1v) is 4.28. The average molecular weight is 204 g/mol. The van der Waals surface area contributed by atoms with Crippen LogP contribution in [0.1, 0.15) is 16.2 Å². The van der Waals surface area contributed by atoms with Crippen LogP contribution in [0.25, 0.3) is 11.4 Å². The Labute approximate surface area is 85.4 Å². The molecule has 0 unspecified atom stereocenters. The first-order valence-electron chi connectivity index (χ1n) is 4.28. The third-order valence-electron chi connectivity index (χ3n) is 1.89. The Hall–Kier alpha value is -2.17. The summed E-state index contributed by atoms with van der Waals surface area (Å²) in [7, 11) is 0. The van der Waals surface area contributed by atoms with Crippen LogP contribution in [0.15, 0.2) is 29.0 Å². The van der Waals surface area contributed by atoms with Gasteiger partial charge in [0, 0.05) is 13.1 Å². The molecule has 0 saturated heterocycles. The second kappa shape index (κ2) is 3.53.